The number of anilines is 2. The van der Waals surface area contributed by atoms with E-state index in [-0.39, 0.29) is 33.2 Å². The molecular weight excluding hydrogens is 531 g/mol. The summed E-state index contributed by atoms with van der Waals surface area (Å²) >= 11 is 6.08. The van der Waals surface area contributed by atoms with Crippen LogP contribution in [0, 0.1) is 19.7 Å². The Labute approximate surface area is 239 Å². The molecule has 2 aromatic carbocycles. The lowest BCUT2D eigenvalue weighted by Crippen LogP contribution is -2.64. The minimum absolute atomic E-state index is 0.00409. The molecule has 0 spiro atoms. The average molecular weight is 566 g/mol. The molecule has 2 aliphatic rings. The normalized spacial score (nSPS) is 18.8. The van der Waals surface area contributed by atoms with Crippen molar-refractivity contribution < 1.29 is 23.6 Å². The van der Waals surface area contributed by atoms with Gasteiger partial charge < -0.3 is 10.0 Å². The summed E-state index contributed by atoms with van der Waals surface area (Å²) in [5.74, 6) is -1.52. The molecule has 9 heteroatoms. The molecular formula is C31H35ClFN4O3+. The van der Waals surface area contributed by atoms with Crippen LogP contribution < -0.4 is 9.80 Å². The fourth-order valence-corrected chi connectivity index (χ4v) is 6.77. The van der Waals surface area contributed by atoms with Gasteiger partial charge in [0.2, 0.25) is 0 Å². The van der Waals surface area contributed by atoms with Crippen LogP contribution in [0.4, 0.5) is 20.6 Å². The smallest absolute Gasteiger partial charge is 0.423 e. The lowest BCUT2D eigenvalue weighted by Gasteiger charge is -2.48. The Morgan fingerprint density at radius 3 is 2.35 bits per heavy atom. The summed E-state index contributed by atoms with van der Waals surface area (Å²) in [6.45, 7) is 5.57. The molecule has 2 heterocycles. The van der Waals surface area contributed by atoms with Crippen LogP contribution in [0.25, 0.3) is 0 Å². The van der Waals surface area contributed by atoms with Crippen LogP contribution in [0.15, 0.2) is 48.5 Å². The van der Waals surface area contributed by atoms with Crippen molar-refractivity contribution in [3.63, 3.8) is 0 Å². The molecule has 0 radical (unpaired) electrons. The summed E-state index contributed by atoms with van der Waals surface area (Å²) < 4.78 is 14.0. The van der Waals surface area contributed by atoms with Crippen LogP contribution in [-0.4, -0.2) is 59.8 Å². The Kier molecular flexibility index (Phi) is 7.59. The molecule has 1 saturated heterocycles. The van der Waals surface area contributed by atoms with Gasteiger partial charge in [-0.25, -0.2) is 18.5 Å². The van der Waals surface area contributed by atoms with Crippen LogP contribution >= 0.6 is 11.6 Å². The van der Waals surface area contributed by atoms with Gasteiger partial charge >= 0.3 is 12.0 Å². The summed E-state index contributed by atoms with van der Waals surface area (Å²) in [6.07, 6.45) is 3.08. The molecule has 3 aromatic rings. The number of carbonyl (C=O) groups is 2. The predicted molar refractivity (Wildman–Crippen MR) is 155 cm³/mol. The predicted octanol–water partition coefficient (Wildman–Crippen LogP) is 6.55. The standard InChI is InChI=1S/C31H34ClFN4O3/c1-19-15-24(16-20(2)34-19)36-13-11-25(12-14-36)37(4,31(40)35(3)23-8-9-28(33)27(32)18-23)29-10-7-21-5-6-22(30(38)39)17-26(21)29/h5-6,8-9,15-18,25,29H,7,10-14H2,1-4H3/p+1. The Balaban J connectivity index is 1.51. The minimum Gasteiger partial charge on any atom is -0.478 e. The molecule has 0 saturated carbocycles. The van der Waals surface area contributed by atoms with Crippen molar-refractivity contribution in [2.24, 2.45) is 0 Å². The number of carbonyl (C=O) groups excluding carboxylic acids is 1. The fraction of sp³-hybridized carbons (Fsp3) is 0.387. The number of fused-ring (bicyclic) bond motifs is 1. The largest absolute Gasteiger partial charge is 0.478 e. The third kappa shape index (κ3) is 5.06. The molecule has 210 valence electrons. The monoisotopic (exact) mass is 565 g/mol. The first-order valence-corrected chi connectivity index (χ1v) is 14.0. The number of aromatic carboxylic acids is 1. The number of hydrogen-bond donors (Lipinski definition) is 1. The van der Waals surface area contributed by atoms with Crippen molar-refractivity contribution in [3.05, 3.63) is 87.4 Å². The van der Waals surface area contributed by atoms with Crippen LogP contribution in [0.1, 0.15) is 58.2 Å². The van der Waals surface area contributed by atoms with E-state index in [1.165, 1.54) is 12.1 Å². The van der Waals surface area contributed by atoms with E-state index in [2.05, 4.69) is 22.0 Å². The first-order valence-electron chi connectivity index (χ1n) is 13.6. The summed E-state index contributed by atoms with van der Waals surface area (Å²) in [6, 6.07) is 13.4. The van der Waals surface area contributed by atoms with Crippen molar-refractivity contribution in [2.75, 3.05) is 37.0 Å². The third-order valence-corrected chi connectivity index (χ3v) is 9.02. The molecule has 2 amide bonds. The van der Waals surface area contributed by atoms with Gasteiger partial charge in [0, 0.05) is 62.0 Å². The lowest BCUT2D eigenvalue weighted by atomic mass is 9.94. The number of amides is 2. The second kappa shape index (κ2) is 10.8. The molecule has 1 N–H and O–H groups in total. The molecule has 2 atom stereocenters. The maximum atomic E-state index is 14.5. The topological polar surface area (TPSA) is 73.7 Å². The number of rotatable bonds is 5. The summed E-state index contributed by atoms with van der Waals surface area (Å²) in [7, 11) is 3.68. The number of piperidine rings is 1. The van der Waals surface area contributed by atoms with E-state index in [1.807, 2.05) is 27.0 Å². The van der Waals surface area contributed by atoms with E-state index in [9.17, 15) is 19.1 Å². The Morgan fingerprint density at radius 1 is 1.05 bits per heavy atom. The van der Waals surface area contributed by atoms with Gasteiger partial charge in [0.1, 0.15) is 17.9 Å². The molecule has 7 nitrogen and oxygen atoms in total. The maximum Gasteiger partial charge on any atom is 0.423 e. The average Bonchev–Trinajstić information content (AvgIpc) is 3.37. The highest BCUT2D eigenvalue weighted by Crippen LogP contribution is 2.45. The minimum atomic E-state index is -0.983. The Hall–Kier alpha value is -3.49. The number of urea groups is 1. The van der Waals surface area contributed by atoms with Crippen LogP contribution in [-0.2, 0) is 6.42 Å². The van der Waals surface area contributed by atoms with E-state index in [0.717, 1.165) is 67.0 Å². The number of pyridine rings is 1. The summed E-state index contributed by atoms with van der Waals surface area (Å²) in [5, 5.41) is 9.65. The van der Waals surface area contributed by atoms with Gasteiger partial charge in [0.05, 0.1) is 23.3 Å². The molecule has 1 aliphatic heterocycles. The number of benzene rings is 2. The van der Waals surface area contributed by atoms with E-state index in [0.29, 0.717) is 5.69 Å². The zero-order valence-corrected chi connectivity index (χ0v) is 24.1. The highest BCUT2D eigenvalue weighted by molar-refractivity contribution is 6.31. The number of halogens is 2. The molecule has 2 unspecified atom stereocenters. The highest BCUT2D eigenvalue weighted by Gasteiger charge is 2.52. The van der Waals surface area contributed by atoms with Gasteiger partial charge in [-0.3, -0.25) is 9.88 Å². The maximum absolute atomic E-state index is 14.5. The van der Waals surface area contributed by atoms with E-state index >= 15 is 0 Å². The summed E-state index contributed by atoms with van der Waals surface area (Å²) in [4.78, 5) is 34.8. The zero-order chi connectivity index (χ0) is 28.8. The van der Waals surface area contributed by atoms with Crippen molar-refractivity contribution in [3.8, 4) is 0 Å². The van der Waals surface area contributed by atoms with E-state index < -0.39 is 11.8 Å². The van der Waals surface area contributed by atoms with Crippen molar-refractivity contribution in [2.45, 2.75) is 51.6 Å². The number of carboxylic acid groups (broad SMARTS) is 1. The molecule has 40 heavy (non-hydrogen) atoms. The molecule has 5 rings (SSSR count). The van der Waals surface area contributed by atoms with Crippen LogP contribution in [0.5, 0.6) is 0 Å². The van der Waals surface area contributed by atoms with Gasteiger partial charge in [-0.2, -0.15) is 0 Å². The number of carboxylic acids is 1. The van der Waals surface area contributed by atoms with Crippen molar-refractivity contribution in [1.29, 1.82) is 0 Å². The third-order valence-electron chi connectivity index (χ3n) is 8.73. The second-order valence-corrected chi connectivity index (χ2v) is 11.6. The Bertz CT molecular complexity index is 1450. The zero-order valence-electron chi connectivity index (χ0n) is 23.3. The number of quaternary nitrogens is 1. The molecule has 1 fully saturated rings. The van der Waals surface area contributed by atoms with Gasteiger partial charge in [-0.05, 0) is 68.3 Å². The number of aryl methyl sites for hydroxylation is 3. The fourth-order valence-electron chi connectivity index (χ4n) is 6.60. The lowest BCUT2D eigenvalue weighted by molar-refractivity contribution is -0.887. The van der Waals surface area contributed by atoms with Crippen molar-refractivity contribution in [1.82, 2.24) is 4.98 Å². The van der Waals surface area contributed by atoms with Gasteiger partial charge in [-0.1, -0.05) is 17.7 Å². The second-order valence-electron chi connectivity index (χ2n) is 11.2. The van der Waals surface area contributed by atoms with Crippen molar-refractivity contribution >= 4 is 35.0 Å². The summed E-state index contributed by atoms with van der Waals surface area (Å²) in [5.41, 5.74) is 5.83. The van der Waals surface area contributed by atoms with E-state index in [4.69, 9.17) is 11.6 Å². The van der Waals surface area contributed by atoms with Crippen LogP contribution in [0.3, 0.4) is 0 Å². The van der Waals surface area contributed by atoms with Crippen LogP contribution in [0.2, 0.25) is 5.02 Å². The first kappa shape index (κ1) is 28.1. The molecule has 1 aromatic heterocycles. The number of aromatic nitrogens is 1. The first-order chi connectivity index (χ1) is 19.0. The quantitative estimate of drug-likeness (QED) is 0.355. The van der Waals surface area contributed by atoms with Gasteiger partial charge in [-0.15, -0.1) is 0 Å². The van der Waals surface area contributed by atoms with E-state index in [1.54, 1.807) is 30.1 Å². The molecule has 1 aliphatic carbocycles. The van der Waals surface area contributed by atoms with Gasteiger partial charge in [0.15, 0.2) is 0 Å². The number of hydrogen-bond acceptors (Lipinski definition) is 4. The Morgan fingerprint density at radius 2 is 1.73 bits per heavy atom. The molecule has 0 bridgehead atoms. The van der Waals surface area contributed by atoms with Gasteiger partial charge in [0.25, 0.3) is 0 Å². The highest BCUT2D eigenvalue weighted by atomic mass is 35.5. The SMILES string of the molecule is Cc1cc(N2CCC([N+](C)(C(=O)N(C)c3ccc(F)c(Cl)c3)C3CCc4ccc(C(=O)O)cc43)CC2)cc(C)n1. The number of nitrogens with zero attached hydrogens (tertiary/aromatic N) is 4.